The van der Waals surface area contributed by atoms with Crippen LogP contribution in [0, 0.1) is 0 Å². The minimum Gasteiger partial charge on any atom is -0.395 e. The van der Waals surface area contributed by atoms with Gasteiger partial charge in [0.1, 0.15) is 0 Å². The predicted molar refractivity (Wildman–Crippen MR) is 45.9 cm³/mol. The largest absolute Gasteiger partial charge is 0.586 e. The van der Waals surface area contributed by atoms with Crippen LogP contribution in [0.4, 0.5) is 8.78 Å². The number of carbonyl (C=O) groups is 1. The van der Waals surface area contributed by atoms with Crippen molar-refractivity contribution in [3.63, 3.8) is 0 Å². The Morgan fingerprint density at radius 1 is 1.29 bits per heavy atom. The summed E-state index contributed by atoms with van der Waals surface area (Å²) in [4.78, 5) is 10.8. The lowest BCUT2D eigenvalue weighted by molar-refractivity contribution is -0.286. The van der Waals surface area contributed by atoms with Crippen LogP contribution in [0.15, 0.2) is 18.2 Å². The minimum atomic E-state index is -3.64. The summed E-state index contributed by atoms with van der Waals surface area (Å²) < 4.78 is 33.0. The predicted octanol–water partition coefficient (Wildman–Crippen LogP) is 2.54. The molecule has 3 nitrogen and oxygen atoms in total. The van der Waals surface area contributed by atoms with Crippen molar-refractivity contribution in [1.82, 2.24) is 0 Å². The maximum atomic E-state index is 12.5. The van der Waals surface area contributed by atoms with E-state index in [1.165, 1.54) is 18.2 Å². The standard InChI is InChI=1S/C8H3BrF2O3/c9-7(12)4-1-2-5-6(3-4)14-8(10,11)13-5/h1-3H. The van der Waals surface area contributed by atoms with E-state index in [0.29, 0.717) is 0 Å². The van der Waals surface area contributed by atoms with E-state index in [1.54, 1.807) is 0 Å². The van der Waals surface area contributed by atoms with Gasteiger partial charge in [0, 0.05) is 5.56 Å². The van der Waals surface area contributed by atoms with E-state index in [0.717, 1.165) is 0 Å². The zero-order valence-electron chi connectivity index (χ0n) is 6.59. The Morgan fingerprint density at radius 3 is 2.57 bits per heavy atom. The first-order valence-corrected chi connectivity index (χ1v) is 4.37. The molecule has 14 heavy (non-hydrogen) atoms. The molecule has 0 saturated heterocycles. The van der Waals surface area contributed by atoms with Gasteiger partial charge in [-0.25, -0.2) is 0 Å². The molecule has 6 heteroatoms. The number of rotatable bonds is 1. The summed E-state index contributed by atoms with van der Waals surface area (Å²) in [6, 6.07) is 3.80. The summed E-state index contributed by atoms with van der Waals surface area (Å²) >= 11 is 2.70. The smallest absolute Gasteiger partial charge is 0.395 e. The molecule has 0 N–H and O–H groups in total. The number of fused-ring (bicyclic) bond motifs is 1. The molecule has 0 radical (unpaired) electrons. The molecule has 0 bridgehead atoms. The number of alkyl halides is 2. The summed E-state index contributed by atoms with van der Waals surface area (Å²) in [6.07, 6.45) is -3.64. The van der Waals surface area contributed by atoms with Crippen molar-refractivity contribution in [1.29, 1.82) is 0 Å². The number of benzene rings is 1. The zero-order chi connectivity index (χ0) is 10.3. The Kier molecular flexibility index (Phi) is 1.95. The molecule has 0 aliphatic carbocycles. The second-order valence-corrected chi connectivity index (χ2v) is 3.32. The van der Waals surface area contributed by atoms with Gasteiger partial charge in [0.15, 0.2) is 11.5 Å². The average Bonchev–Trinajstić information content (AvgIpc) is 2.36. The molecular weight excluding hydrogens is 262 g/mol. The molecule has 1 aliphatic heterocycles. The Bertz CT molecular complexity index is 406. The maximum absolute atomic E-state index is 12.5. The molecule has 74 valence electrons. The second kappa shape index (κ2) is 2.91. The van der Waals surface area contributed by atoms with Crippen molar-refractivity contribution < 1.29 is 23.0 Å². The number of hydrogen-bond donors (Lipinski definition) is 0. The minimum absolute atomic E-state index is 0.0764. The van der Waals surface area contributed by atoms with Crippen LogP contribution in [0.2, 0.25) is 0 Å². The van der Waals surface area contributed by atoms with E-state index < -0.39 is 11.0 Å². The van der Waals surface area contributed by atoms with Crippen molar-refractivity contribution >= 4 is 20.6 Å². The quantitative estimate of drug-likeness (QED) is 0.732. The lowest BCUT2D eigenvalue weighted by Gasteiger charge is -2.04. The van der Waals surface area contributed by atoms with Gasteiger partial charge in [0.25, 0.3) is 0 Å². The number of hydrogen-bond acceptors (Lipinski definition) is 3. The van der Waals surface area contributed by atoms with E-state index in [9.17, 15) is 13.6 Å². The van der Waals surface area contributed by atoms with E-state index in [-0.39, 0.29) is 17.1 Å². The molecule has 1 heterocycles. The number of ether oxygens (including phenoxy) is 2. The third-order valence-corrected chi connectivity index (χ3v) is 2.09. The summed E-state index contributed by atoms with van der Waals surface area (Å²) in [5.41, 5.74) is 0.227. The van der Waals surface area contributed by atoms with Crippen molar-refractivity contribution in [2.45, 2.75) is 6.29 Å². The average molecular weight is 265 g/mol. The lowest BCUT2D eigenvalue weighted by Crippen LogP contribution is -2.25. The van der Waals surface area contributed by atoms with Gasteiger partial charge in [0.2, 0.25) is 4.69 Å². The molecule has 2 rings (SSSR count). The van der Waals surface area contributed by atoms with Crippen molar-refractivity contribution in [2.24, 2.45) is 0 Å². The van der Waals surface area contributed by atoms with Crippen LogP contribution in [-0.4, -0.2) is 11.0 Å². The highest BCUT2D eigenvalue weighted by atomic mass is 79.9. The van der Waals surface area contributed by atoms with Crippen LogP contribution in [-0.2, 0) is 0 Å². The fourth-order valence-corrected chi connectivity index (χ4v) is 1.32. The first-order chi connectivity index (χ1) is 6.48. The summed E-state index contributed by atoms with van der Waals surface area (Å²) in [7, 11) is 0. The lowest BCUT2D eigenvalue weighted by atomic mass is 10.2. The zero-order valence-corrected chi connectivity index (χ0v) is 8.18. The molecule has 1 aromatic carbocycles. The highest BCUT2D eigenvalue weighted by molar-refractivity contribution is 9.18. The van der Waals surface area contributed by atoms with Crippen LogP contribution >= 0.6 is 15.9 Å². The molecule has 0 saturated carbocycles. The van der Waals surface area contributed by atoms with Crippen molar-refractivity contribution in [3.8, 4) is 11.5 Å². The van der Waals surface area contributed by atoms with Gasteiger partial charge >= 0.3 is 6.29 Å². The molecule has 0 fully saturated rings. The third kappa shape index (κ3) is 1.57. The van der Waals surface area contributed by atoms with Crippen molar-refractivity contribution in [3.05, 3.63) is 23.8 Å². The van der Waals surface area contributed by atoms with E-state index in [1.807, 2.05) is 0 Å². The van der Waals surface area contributed by atoms with Crippen molar-refractivity contribution in [2.75, 3.05) is 0 Å². The van der Waals surface area contributed by atoms with Gasteiger partial charge in [-0.2, -0.15) is 0 Å². The summed E-state index contributed by atoms with van der Waals surface area (Å²) in [5.74, 6) is -0.215. The topological polar surface area (TPSA) is 35.5 Å². The van der Waals surface area contributed by atoms with E-state index in [4.69, 9.17) is 0 Å². The fourth-order valence-electron chi connectivity index (χ4n) is 1.07. The molecule has 1 aromatic rings. The third-order valence-electron chi connectivity index (χ3n) is 1.63. The van der Waals surface area contributed by atoms with Gasteiger partial charge in [0.05, 0.1) is 0 Å². The van der Waals surface area contributed by atoms with Gasteiger partial charge in [-0.3, -0.25) is 4.79 Å². The van der Waals surface area contributed by atoms with Crippen LogP contribution in [0.3, 0.4) is 0 Å². The fraction of sp³-hybridized carbons (Fsp3) is 0.125. The van der Waals surface area contributed by atoms with Gasteiger partial charge < -0.3 is 9.47 Å². The Morgan fingerprint density at radius 2 is 1.93 bits per heavy atom. The highest BCUT2D eigenvalue weighted by Crippen LogP contribution is 2.41. The monoisotopic (exact) mass is 264 g/mol. The Labute approximate surface area is 85.7 Å². The molecule has 0 spiro atoms. The van der Waals surface area contributed by atoms with E-state index in [2.05, 4.69) is 25.4 Å². The second-order valence-electron chi connectivity index (χ2n) is 2.60. The number of halogens is 3. The molecule has 0 unspecified atom stereocenters. The normalized spacial score (nSPS) is 16.8. The molecule has 1 aliphatic rings. The molecule has 0 aromatic heterocycles. The van der Waals surface area contributed by atoms with Crippen LogP contribution in [0.1, 0.15) is 10.4 Å². The van der Waals surface area contributed by atoms with Crippen LogP contribution < -0.4 is 9.47 Å². The SMILES string of the molecule is O=C(Br)c1ccc2c(c1)OC(F)(F)O2. The Hall–Kier alpha value is -1.17. The maximum Gasteiger partial charge on any atom is 0.586 e. The van der Waals surface area contributed by atoms with Crippen LogP contribution in [0.5, 0.6) is 11.5 Å². The molecule has 0 amide bonds. The number of carbonyl (C=O) groups excluding carboxylic acids is 1. The first kappa shape index (κ1) is 9.39. The van der Waals surface area contributed by atoms with Gasteiger partial charge in [-0.1, -0.05) is 0 Å². The van der Waals surface area contributed by atoms with Gasteiger partial charge in [-0.05, 0) is 34.1 Å². The van der Waals surface area contributed by atoms with E-state index >= 15 is 0 Å². The molecule has 0 atom stereocenters. The Balaban J connectivity index is 2.40. The van der Waals surface area contributed by atoms with Crippen LogP contribution in [0.25, 0.3) is 0 Å². The van der Waals surface area contributed by atoms with Gasteiger partial charge in [-0.15, -0.1) is 8.78 Å². The summed E-state index contributed by atoms with van der Waals surface area (Å²) in [5, 5.41) is 0. The first-order valence-electron chi connectivity index (χ1n) is 3.58. The summed E-state index contributed by atoms with van der Waals surface area (Å²) in [6.45, 7) is 0. The highest BCUT2D eigenvalue weighted by Gasteiger charge is 2.43. The molecular formula is C8H3BrF2O3.